The summed E-state index contributed by atoms with van der Waals surface area (Å²) < 4.78 is 0. The molecule has 0 saturated heterocycles. The van der Waals surface area contributed by atoms with E-state index in [0.29, 0.717) is 33.5 Å². The van der Waals surface area contributed by atoms with E-state index < -0.39 is 6.04 Å². The molecule has 1 N–H and O–H groups in total. The van der Waals surface area contributed by atoms with Gasteiger partial charge in [0, 0.05) is 45.5 Å². The molecule has 0 spiro atoms. The van der Waals surface area contributed by atoms with Crippen molar-refractivity contribution in [2.24, 2.45) is 0 Å². The lowest BCUT2D eigenvalue weighted by molar-refractivity contribution is -0.140. The van der Waals surface area contributed by atoms with Crippen molar-refractivity contribution in [3.63, 3.8) is 0 Å². The Kier molecular flexibility index (Phi) is 9.63. The maximum absolute atomic E-state index is 12.9. The van der Waals surface area contributed by atoms with E-state index in [1.165, 1.54) is 4.90 Å². The van der Waals surface area contributed by atoms with Gasteiger partial charge in [-0.2, -0.15) is 0 Å². The van der Waals surface area contributed by atoms with Crippen LogP contribution in [0.25, 0.3) is 0 Å². The zero-order chi connectivity index (χ0) is 21.4. The highest BCUT2D eigenvalue weighted by molar-refractivity contribution is 7.99. The van der Waals surface area contributed by atoms with E-state index >= 15 is 0 Å². The molecule has 2 amide bonds. The van der Waals surface area contributed by atoms with Crippen molar-refractivity contribution < 1.29 is 9.59 Å². The molecule has 0 unspecified atom stereocenters. The van der Waals surface area contributed by atoms with Crippen molar-refractivity contribution in [3.8, 4) is 0 Å². The quantitative estimate of drug-likeness (QED) is 0.376. The molecule has 0 bridgehead atoms. The van der Waals surface area contributed by atoms with Gasteiger partial charge in [0.05, 0.1) is 0 Å². The normalized spacial score (nSPS) is 11.8. The van der Waals surface area contributed by atoms with E-state index in [0.717, 1.165) is 10.6 Å². The lowest BCUT2D eigenvalue weighted by atomic mass is 10.1. The van der Waals surface area contributed by atoms with Crippen LogP contribution in [-0.4, -0.2) is 35.6 Å². The summed E-state index contributed by atoms with van der Waals surface area (Å²) in [5, 5.41) is 4.23. The average Bonchev–Trinajstić information content (AvgIpc) is 2.71. The van der Waals surface area contributed by atoms with Crippen molar-refractivity contribution in [1.29, 1.82) is 0 Å². The number of rotatable bonds is 9. The predicted octanol–water partition coefficient (Wildman–Crippen LogP) is 5.68. The molecule has 0 radical (unpaired) electrons. The molecular weight excluding hydrogens is 451 g/mol. The molecule has 29 heavy (non-hydrogen) atoms. The molecule has 4 nitrogen and oxygen atoms in total. The zero-order valence-electron chi connectivity index (χ0n) is 16.3. The summed E-state index contributed by atoms with van der Waals surface area (Å²) >= 11 is 20.1. The molecule has 2 rings (SSSR count). The van der Waals surface area contributed by atoms with Gasteiger partial charge in [-0.3, -0.25) is 9.59 Å². The minimum absolute atomic E-state index is 0.117. The highest BCUT2D eigenvalue weighted by Crippen LogP contribution is 2.27. The second-order valence-electron chi connectivity index (χ2n) is 6.42. The number of nitrogens with zero attached hydrogens (tertiary/aromatic N) is 1. The number of likely N-dealkylation sites (N-methyl/N-ethyl adjacent to an activating group) is 1. The van der Waals surface area contributed by atoms with E-state index in [1.54, 1.807) is 43.9 Å². The third-order valence-corrected chi connectivity index (χ3v) is 6.48. The number of carbonyl (C=O) groups is 2. The van der Waals surface area contributed by atoms with Gasteiger partial charge in [0.2, 0.25) is 11.8 Å². The van der Waals surface area contributed by atoms with Crippen LogP contribution in [0.2, 0.25) is 15.1 Å². The van der Waals surface area contributed by atoms with Gasteiger partial charge in [-0.05, 0) is 55.5 Å². The molecule has 0 saturated carbocycles. The molecule has 0 aromatic heterocycles. The number of carbonyl (C=O) groups excluding carboxylic acids is 2. The molecule has 8 heteroatoms. The first-order valence-corrected chi connectivity index (χ1v) is 11.3. The largest absolute Gasteiger partial charge is 0.357 e. The molecular formula is C21H23Cl3N2O2S. The molecule has 0 aliphatic carbocycles. The van der Waals surface area contributed by atoms with Gasteiger partial charge in [0.15, 0.2) is 0 Å². The Bertz CT molecular complexity index is 826. The van der Waals surface area contributed by atoms with Gasteiger partial charge in [0.1, 0.15) is 6.04 Å². The van der Waals surface area contributed by atoms with Crippen molar-refractivity contribution >= 4 is 58.4 Å². The topological polar surface area (TPSA) is 49.4 Å². The lowest BCUT2D eigenvalue weighted by Crippen LogP contribution is -2.46. The highest BCUT2D eigenvalue weighted by atomic mass is 35.5. The van der Waals surface area contributed by atoms with Crippen LogP contribution in [0.1, 0.15) is 25.3 Å². The monoisotopic (exact) mass is 472 g/mol. The Morgan fingerprint density at radius 1 is 1.07 bits per heavy atom. The van der Waals surface area contributed by atoms with Gasteiger partial charge < -0.3 is 10.2 Å². The third kappa shape index (κ3) is 7.10. The third-order valence-electron chi connectivity index (χ3n) is 4.42. The molecule has 0 aliphatic heterocycles. The number of halogens is 3. The number of benzene rings is 2. The van der Waals surface area contributed by atoms with Crippen LogP contribution in [0.3, 0.4) is 0 Å². The van der Waals surface area contributed by atoms with Gasteiger partial charge in [0.25, 0.3) is 0 Å². The van der Waals surface area contributed by atoms with Gasteiger partial charge in [-0.25, -0.2) is 0 Å². The zero-order valence-corrected chi connectivity index (χ0v) is 19.3. The number of thioether (sulfide) groups is 1. The summed E-state index contributed by atoms with van der Waals surface area (Å²) in [4.78, 5) is 27.7. The maximum Gasteiger partial charge on any atom is 0.242 e. The Labute approximate surface area is 190 Å². The molecule has 2 aromatic rings. The van der Waals surface area contributed by atoms with Gasteiger partial charge >= 0.3 is 0 Å². The van der Waals surface area contributed by atoms with E-state index in [-0.39, 0.29) is 18.4 Å². The summed E-state index contributed by atoms with van der Waals surface area (Å²) in [6, 6.07) is 12.1. The van der Waals surface area contributed by atoms with E-state index in [2.05, 4.69) is 5.32 Å². The van der Waals surface area contributed by atoms with Crippen LogP contribution in [0.15, 0.2) is 47.4 Å². The van der Waals surface area contributed by atoms with Crippen molar-refractivity contribution in [2.45, 2.75) is 37.2 Å². The fourth-order valence-electron chi connectivity index (χ4n) is 2.73. The first kappa shape index (κ1) is 23.9. The average molecular weight is 474 g/mol. The minimum Gasteiger partial charge on any atom is -0.357 e. The number of amides is 2. The summed E-state index contributed by atoms with van der Waals surface area (Å²) in [7, 11) is 1.55. The van der Waals surface area contributed by atoms with E-state index in [1.807, 2.05) is 24.3 Å². The smallest absolute Gasteiger partial charge is 0.242 e. The molecule has 1 atom stereocenters. The van der Waals surface area contributed by atoms with Crippen LogP contribution in [0.4, 0.5) is 0 Å². The molecule has 0 fully saturated rings. The van der Waals surface area contributed by atoms with E-state index in [9.17, 15) is 9.59 Å². The van der Waals surface area contributed by atoms with Gasteiger partial charge in [-0.15, -0.1) is 11.8 Å². The first-order valence-electron chi connectivity index (χ1n) is 9.15. The number of hydrogen-bond acceptors (Lipinski definition) is 3. The molecule has 156 valence electrons. The summed E-state index contributed by atoms with van der Waals surface area (Å²) in [6.45, 7) is 1.88. The fourth-order valence-corrected chi connectivity index (χ4v) is 4.23. The van der Waals surface area contributed by atoms with Crippen molar-refractivity contribution in [1.82, 2.24) is 10.2 Å². The predicted molar refractivity (Wildman–Crippen MR) is 122 cm³/mol. The molecule has 2 aromatic carbocycles. The highest BCUT2D eigenvalue weighted by Gasteiger charge is 2.26. The standard InChI is InChI=1S/C21H23Cl3N2O2S/c1-14(21(28)25-2)26(13-17-18(23)5-3-6-19(17)24)20(27)7-4-12-29-16-10-8-15(22)9-11-16/h3,5-6,8-11,14H,4,7,12-13H2,1-2H3,(H,25,28)/t14-/m0/s1. The Hall–Kier alpha value is -1.40. The molecule has 0 heterocycles. The summed E-state index contributed by atoms with van der Waals surface area (Å²) in [5.74, 6) is 0.424. The SMILES string of the molecule is CNC(=O)[C@H](C)N(Cc1c(Cl)cccc1Cl)C(=O)CCCSc1ccc(Cl)cc1. The van der Waals surface area contributed by atoms with Gasteiger partial charge in [-0.1, -0.05) is 40.9 Å². The van der Waals surface area contributed by atoms with Crippen LogP contribution >= 0.6 is 46.6 Å². The fraction of sp³-hybridized carbons (Fsp3) is 0.333. The van der Waals surface area contributed by atoms with Crippen LogP contribution in [0.5, 0.6) is 0 Å². The first-order chi connectivity index (χ1) is 13.8. The Morgan fingerprint density at radius 2 is 1.69 bits per heavy atom. The lowest BCUT2D eigenvalue weighted by Gasteiger charge is -2.29. The van der Waals surface area contributed by atoms with E-state index in [4.69, 9.17) is 34.8 Å². The summed E-state index contributed by atoms with van der Waals surface area (Å²) in [5.41, 5.74) is 0.635. The summed E-state index contributed by atoms with van der Waals surface area (Å²) in [6.07, 6.45) is 1.00. The number of nitrogens with one attached hydrogen (secondary N) is 1. The van der Waals surface area contributed by atoms with Crippen LogP contribution < -0.4 is 5.32 Å². The second kappa shape index (κ2) is 11.7. The van der Waals surface area contributed by atoms with Crippen LogP contribution in [0, 0.1) is 0 Å². The Balaban J connectivity index is 2.02. The second-order valence-corrected chi connectivity index (χ2v) is 8.84. The number of hydrogen-bond donors (Lipinski definition) is 1. The van der Waals surface area contributed by atoms with Crippen molar-refractivity contribution in [2.75, 3.05) is 12.8 Å². The molecule has 0 aliphatic rings. The maximum atomic E-state index is 12.9. The minimum atomic E-state index is -0.635. The Morgan fingerprint density at radius 3 is 2.28 bits per heavy atom. The van der Waals surface area contributed by atoms with Crippen molar-refractivity contribution in [3.05, 3.63) is 63.1 Å². The van der Waals surface area contributed by atoms with Crippen LogP contribution in [-0.2, 0) is 16.1 Å².